The molecule has 2 rings (SSSR count). The van der Waals surface area contributed by atoms with Gasteiger partial charge in [-0.1, -0.05) is 13.8 Å². The van der Waals surface area contributed by atoms with Crippen LogP contribution in [0.2, 0.25) is 0 Å². The van der Waals surface area contributed by atoms with Gasteiger partial charge in [0, 0.05) is 25.2 Å². The smallest absolute Gasteiger partial charge is 0.323 e. The Kier molecular flexibility index (Phi) is 5.81. The predicted octanol–water partition coefficient (Wildman–Crippen LogP) is 2.28. The molecule has 1 aliphatic heterocycles. The number of aromatic hydroxyl groups is 2. The van der Waals surface area contributed by atoms with Crippen molar-refractivity contribution in [3.8, 4) is 11.5 Å². The van der Waals surface area contributed by atoms with Crippen molar-refractivity contribution in [2.24, 2.45) is 0 Å². The fourth-order valence-corrected chi connectivity index (χ4v) is 3.20. The number of rotatable bonds is 5. The van der Waals surface area contributed by atoms with Crippen LogP contribution in [0.1, 0.15) is 62.4 Å². The molecule has 7 heteroatoms. The zero-order valence-corrected chi connectivity index (χ0v) is 15.7. The Labute approximate surface area is 153 Å². The molecule has 7 nitrogen and oxygen atoms in total. The van der Waals surface area contributed by atoms with Crippen LogP contribution in [-0.2, 0) is 4.79 Å². The minimum Gasteiger partial charge on any atom is -0.508 e. The summed E-state index contributed by atoms with van der Waals surface area (Å²) >= 11 is 0. The van der Waals surface area contributed by atoms with Crippen LogP contribution < -0.4 is 5.32 Å². The molecule has 1 amide bonds. The van der Waals surface area contributed by atoms with E-state index in [1.807, 2.05) is 13.8 Å². The molecule has 0 bridgehead atoms. The maximum atomic E-state index is 12.8. The molecule has 4 N–H and O–H groups in total. The lowest BCUT2D eigenvalue weighted by Gasteiger charge is -2.36. The van der Waals surface area contributed by atoms with Gasteiger partial charge in [0.1, 0.15) is 17.0 Å². The molecule has 0 unspecified atom stereocenters. The standard InChI is InChI=1S/C19H28N2O5/c1-11(2)13-9-14(16(23)10-15(13)22)17(24)21-7-5-12(6-8-21)20-19(3,4)18(25)26/h9-12,20,22-23H,5-8H2,1-4H3,(H,25,26). The summed E-state index contributed by atoms with van der Waals surface area (Å²) < 4.78 is 0. The number of carbonyl (C=O) groups excluding carboxylic acids is 1. The maximum absolute atomic E-state index is 12.8. The monoisotopic (exact) mass is 364 g/mol. The molecule has 1 fully saturated rings. The van der Waals surface area contributed by atoms with Crippen molar-refractivity contribution in [2.45, 2.75) is 58.0 Å². The van der Waals surface area contributed by atoms with Gasteiger partial charge < -0.3 is 20.2 Å². The molecule has 144 valence electrons. The molecule has 0 aromatic heterocycles. The zero-order chi connectivity index (χ0) is 19.6. The highest BCUT2D eigenvalue weighted by Gasteiger charge is 2.32. The van der Waals surface area contributed by atoms with Gasteiger partial charge in [-0.25, -0.2) is 0 Å². The van der Waals surface area contributed by atoms with Crippen molar-refractivity contribution in [3.63, 3.8) is 0 Å². The number of carboxylic acids is 1. The zero-order valence-electron chi connectivity index (χ0n) is 15.7. The Morgan fingerprint density at radius 2 is 1.73 bits per heavy atom. The van der Waals surface area contributed by atoms with E-state index in [4.69, 9.17) is 0 Å². The minimum absolute atomic E-state index is 0.0183. The molecule has 0 radical (unpaired) electrons. The van der Waals surface area contributed by atoms with Gasteiger partial charge in [0.25, 0.3) is 5.91 Å². The average Bonchev–Trinajstić information content (AvgIpc) is 2.54. The van der Waals surface area contributed by atoms with Gasteiger partial charge in [-0.15, -0.1) is 0 Å². The van der Waals surface area contributed by atoms with Crippen molar-refractivity contribution in [1.82, 2.24) is 10.2 Å². The van der Waals surface area contributed by atoms with Crippen molar-refractivity contribution >= 4 is 11.9 Å². The number of carboxylic acid groups (broad SMARTS) is 1. The second-order valence-corrected chi connectivity index (χ2v) is 7.72. The fourth-order valence-electron chi connectivity index (χ4n) is 3.20. The lowest BCUT2D eigenvalue weighted by atomic mass is 9.96. The van der Waals surface area contributed by atoms with Crippen molar-refractivity contribution < 1.29 is 24.9 Å². The molecule has 1 heterocycles. The summed E-state index contributed by atoms with van der Waals surface area (Å²) in [5.74, 6) is -1.42. The summed E-state index contributed by atoms with van der Waals surface area (Å²) in [6, 6.07) is 2.78. The van der Waals surface area contributed by atoms with Crippen LogP contribution >= 0.6 is 0 Å². The third-order valence-corrected chi connectivity index (χ3v) is 4.88. The van der Waals surface area contributed by atoms with Crippen LogP contribution in [-0.4, -0.2) is 56.8 Å². The molecule has 0 aliphatic carbocycles. The summed E-state index contributed by atoms with van der Waals surface area (Å²) in [5, 5.41) is 32.3. The topological polar surface area (TPSA) is 110 Å². The minimum atomic E-state index is -1.02. The largest absolute Gasteiger partial charge is 0.508 e. The number of likely N-dealkylation sites (tertiary alicyclic amines) is 1. The van der Waals surface area contributed by atoms with Gasteiger partial charge in [-0.3, -0.25) is 14.9 Å². The molecule has 1 saturated heterocycles. The first-order valence-electron chi connectivity index (χ1n) is 8.89. The van der Waals surface area contributed by atoms with Crippen molar-refractivity contribution in [1.29, 1.82) is 0 Å². The summed E-state index contributed by atoms with van der Waals surface area (Å²) in [5.41, 5.74) is -0.215. The number of phenols is 2. The van der Waals surface area contributed by atoms with Crippen LogP contribution in [0.3, 0.4) is 0 Å². The second kappa shape index (κ2) is 7.53. The number of phenolic OH excluding ortho intramolecular Hbond substituents is 2. The molecule has 0 spiro atoms. The number of hydrogen-bond acceptors (Lipinski definition) is 5. The SMILES string of the molecule is CC(C)c1cc(C(=O)N2CCC(NC(C)(C)C(=O)O)CC2)c(O)cc1O. The molecule has 1 aromatic carbocycles. The summed E-state index contributed by atoms with van der Waals surface area (Å²) in [7, 11) is 0. The molecule has 26 heavy (non-hydrogen) atoms. The van der Waals surface area contributed by atoms with E-state index in [9.17, 15) is 24.9 Å². The Bertz CT molecular complexity index is 691. The van der Waals surface area contributed by atoms with E-state index in [2.05, 4.69) is 5.32 Å². The van der Waals surface area contributed by atoms with E-state index in [1.54, 1.807) is 24.8 Å². The maximum Gasteiger partial charge on any atom is 0.323 e. The Morgan fingerprint density at radius 1 is 1.15 bits per heavy atom. The molecule has 0 atom stereocenters. The number of piperidine rings is 1. The Balaban J connectivity index is 2.07. The number of aliphatic carboxylic acids is 1. The van der Waals surface area contributed by atoms with E-state index >= 15 is 0 Å². The van der Waals surface area contributed by atoms with Crippen LogP contribution in [0.25, 0.3) is 0 Å². The van der Waals surface area contributed by atoms with E-state index in [0.717, 1.165) is 0 Å². The normalized spacial score (nSPS) is 16.1. The third kappa shape index (κ3) is 4.27. The van der Waals surface area contributed by atoms with Gasteiger partial charge in [0.05, 0.1) is 5.56 Å². The van der Waals surface area contributed by atoms with E-state index in [-0.39, 0.29) is 34.9 Å². The average molecular weight is 364 g/mol. The quantitative estimate of drug-likeness (QED) is 0.638. The third-order valence-electron chi connectivity index (χ3n) is 4.88. The molecule has 0 saturated carbocycles. The number of nitrogens with one attached hydrogen (secondary N) is 1. The predicted molar refractivity (Wildman–Crippen MR) is 97.6 cm³/mol. The molecular formula is C19H28N2O5. The summed E-state index contributed by atoms with van der Waals surface area (Å²) in [4.78, 5) is 25.7. The molecule has 1 aliphatic rings. The van der Waals surface area contributed by atoms with Crippen LogP contribution in [0, 0.1) is 0 Å². The molecule has 1 aromatic rings. The number of amides is 1. The van der Waals surface area contributed by atoms with E-state index in [1.165, 1.54) is 6.07 Å². The Hall–Kier alpha value is -2.28. The highest BCUT2D eigenvalue weighted by molar-refractivity contribution is 5.97. The van der Waals surface area contributed by atoms with Gasteiger partial charge >= 0.3 is 5.97 Å². The van der Waals surface area contributed by atoms with Crippen LogP contribution in [0.5, 0.6) is 11.5 Å². The highest BCUT2D eigenvalue weighted by atomic mass is 16.4. The highest BCUT2D eigenvalue weighted by Crippen LogP contribution is 2.33. The number of nitrogens with zero attached hydrogens (tertiary/aromatic N) is 1. The summed E-state index contributed by atoms with van der Waals surface area (Å²) in [6.45, 7) is 8.00. The number of benzene rings is 1. The second-order valence-electron chi connectivity index (χ2n) is 7.72. The first-order valence-corrected chi connectivity index (χ1v) is 8.89. The Morgan fingerprint density at radius 3 is 2.23 bits per heavy atom. The first kappa shape index (κ1) is 20.0. The number of carbonyl (C=O) groups is 2. The number of hydrogen-bond donors (Lipinski definition) is 4. The lowest BCUT2D eigenvalue weighted by Crippen LogP contribution is -2.55. The fraction of sp³-hybridized carbons (Fsp3) is 0.579. The van der Waals surface area contributed by atoms with Crippen molar-refractivity contribution in [3.05, 3.63) is 23.3 Å². The lowest BCUT2D eigenvalue weighted by molar-refractivity contribution is -0.143. The van der Waals surface area contributed by atoms with Crippen molar-refractivity contribution in [2.75, 3.05) is 13.1 Å². The van der Waals surface area contributed by atoms with Gasteiger partial charge in [-0.05, 0) is 44.2 Å². The van der Waals surface area contributed by atoms with Gasteiger partial charge in [0.2, 0.25) is 0 Å². The van der Waals surface area contributed by atoms with Gasteiger partial charge in [-0.2, -0.15) is 0 Å². The first-order chi connectivity index (χ1) is 12.0. The van der Waals surface area contributed by atoms with E-state index in [0.29, 0.717) is 31.5 Å². The summed E-state index contributed by atoms with van der Waals surface area (Å²) in [6.07, 6.45) is 1.27. The van der Waals surface area contributed by atoms with Gasteiger partial charge in [0.15, 0.2) is 0 Å². The molecular weight excluding hydrogens is 336 g/mol. The van der Waals surface area contributed by atoms with Crippen LogP contribution in [0.15, 0.2) is 12.1 Å². The van der Waals surface area contributed by atoms with E-state index < -0.39 is 11.5 Å². The van der Waals surface area contributed by atoms with Crippen LogP contribution in [0.4, 0.5) is 0 Å².